The molecule has 0 spiro atoms. The molecule has 0 aromatic heterocycles. The van der Waals surface area contributed by atoms with Crippen LogP contribution in [-0.2, 0) is 28.6 Å². The lowest BCUT2D eigenvalue weighted by Crippen LogP contribution is -2.30. The van der Waals surface area contributed by atoms with Crippen molar-refractivity contribution in [3.63, 3.8) is 0 Å². The zero-order valence-electron chi connectivity index (χ0n) is 46.1. The van der Waals surface area contributed by atoms with Crippen molar-refractivity contribution < 1.29 is 28.6 Å². The first-order valence-electron chi connectivity index (χ1n) is 30.1. The first kappa shape index (κ1) is 66.4. The summed E-state index contributed by atoms with van der Waals surface area (Å²) in [4.78, 5) is 38.2. The number of esters is 3. The first-order valence-corrected chi connectivity index (χ1v) is 30.1. The smallest absolute Gasteiger partial charge is 0.306 e. The molecule has 0 bridgehead atoms. The monoisotopic (exact) mass is 967 g/mol. The van der Waals surface area contributed by atoms with Gasteiger partial charge in [-0.1, -0.05) is 243 Å². The van der Waals surface area contributed by atoms with E-state index in [1.165, 1.54) is 199 Å². The van der Waals surface area contributed by atoms with Crippen molar-refractivity contribution in [2.45, 2.75) is 322 Å². The summed E-state index contributed by atoms with van der Waals surface area (Å²) in [6, 6.07) is 0. The zero-order valence-corrected chi connectivity index (χ0v) is 46.1. The van der Waals surface area contributed by atoms with Crippen LogP contribution in [0.25, 0.3) is 0 Å². The summed E-state index contributed by atoms with van der Waals surface area (Å²) >= 11 is 0. The molecule has 0 amide bonds. The molecule has 6 heteroatoms. The lowest BCUT2D eigenvalue weighted by atomic mass is 10.0. The van der Waals surface area contributed by atoms with Crippen molar-refractivity contribution in [1.82, 2.24) is 0 Å². The third-order valence-electron chi connectivity index (χ3n) is 13.3. The van der Waals surface area contributed by atoms with E-state index in [2.05, 4.69) is 69.4 Å². The number of ether oxygens (including phenoxy) is 3. The standard InChI is InChI=1S/C63H114O6/c1-4-7-10-13-16-19-22-25-27-29-30-31-32-34-36-39-42-45-48-51-54-57-63(66)69-60(58-67-61(64)55-52-49-46-43-40-37-24-21-18-15-12-9-6-3)59-68-62(65)56-53-50-47-44-41-38-35-33-28-26-23-20-17-14-11-8-5-2/h17,20-21,24-28,60H,4-16,18-19,22-23,29-59H2,1-3H3/b20-17-,24-21-,27-25-,28-26-/t60-/m0/s1. The molecule has 402 valence electrons. The van der Waals surface area contributed by atoms with E-state index in [0.717, 1.165) is 77.0 Å². The average Bonchev–Trinajstić information content (AvgIpc) is 3.35. The predicted octanol–water partition coefficient (Wildman–Crippen LogP) is 20.2. The summed E-state index contributed by atoms with van der Waals surface area (Å²) in [5, 5.41) is 0. The third-order valence-corrected chi connectivity index (χ3v) is 13.3. The minimum Gasteiger partial charge on any atom is -0.462 e. The van der Waals surface area contributed by atoms with E-state index in [-0.39, 0.29) is 31.1 Å². The van der Waals surface area contributed by atoms with Gasteiger partial charge in [-0.25, -0.2) is 0 Å². The van der Waals surface area contributed by atoms with Crippen molar-refractivity contribution in [1.29, 1.82) is 0 Å². The Balaban J connectivity index is 4.34. The number of hydrogen-bond donors (Lipinski definition) is 0. The second-order valence-electron chi connectivity index (χ2n) is 20.2. The fourth-order valence-corrected chi connectivity index (χ4v) is 8.70. The van der Waals surface area contributed by atoms with Crippen molar-refractivity contribution in [3.8, 4) is 0 Å². The van der Waals surface area contributed by atoms with Gasteiger partial charge in [0.05, 0.1) is 0 Å². The topological polar surface area (TPSA) is 78.9 Å². The van der Waals surface area contributed by atoms with E-state index in [0.29, 0.717) is 19.3 Å². The van der Waals surface area contributed by atoms with Gasteiger partial charge in [-0.15, -0.1) is 0 Å². The summed E-state index contributed by atoms with van der Waals surface area (Å²) in [6.07, 6.45) is 71.0. The molecule has 0 radical (unpaired) electrons. The highest BCUT2D eigenvalue weighted by molar-refractivity contribution is 5.71. The van der Waals surface area contributed by atoms with Crippen molar-refractivity contribution in [2.75, 3.05) is 13.2 Å². The highest BCUT2D eigenvalue weighted by Gasteiger charge is 2.19. The van der Waals surface area contributed by atoms with Gasteiger partial charge in [0.25, 0.3) is 0 Å². The Hall–Kier alpha value is -2.63. The molecule has 0 N–H and O–H groups in total. The number of unbranched alkanes of at least 4 members (excludes halogenated alkanes) is 36. The zero-order chi connectivity index (χ0) is 50.0. The number of carbonyl (C=O) groups is 3. The fraction of sp³-hybridized carbons (Fsp3) is 0.825. The van der Waals surface area contributed by atoms with Crippen LogP contribution in [0, 0.1) is 0 Å². The van der Waals surface area contributed by atoms with Gasteiger partial charge >= 0.3 is 17.9 Å². The number of carbonyl (C=O) groups excluding carboxylic acids is 3. The van der Waals surface area contributed by atoms with Crippen LogP contribution in [0.2, 0.25) is 0 Å². The Morgan fingerprint density at radius 3 is 0.855 bits per heavy atom. The molecule has 0 aromatic rings. The molecule has 0 rings (SSSR count). The van der Waals surface area contributed by atoms with Gasteiger partial charge in [0, 0.05) is 19.3 Å². The maximum atomic E-state index is 12.9. The fourth-order valence-electron chi connectivity index (χ4n) is 8.70. The highest BCUT2D eigenvalue weighted by atomic mass is 16.6. The quantitative estimate of drug-likeness (QED) is 0.0262. The van der Waals surface area contributed by atoms with Gasteiger partial charge in [-0.3, -0.25) is 14.4 Å². The SMILES string of the molecule is CCCCC/C=C\C/C=C\CCCCCCCCCC(=O)OC[C@H](COC(=O)CCCCCCC/C=C\CCCCCC)OC(=O)CCCCCCCCCCCCC/C=C\CCCCCCCC. The molecule has 0 saturated heterocycles. The average molecular weight is 968 g/mol. The maximum absolute atomic E-state index is 12.9. The van der Waals surface area contributed by atoms with Crippen LogP contribution in [0.1, 0.15) is 316 Å². The Kier molecular flexibility index (Phi) is 55.7. The lowest BCUT2D eigenvalue weighted by Gasteiger charge is -2.18. The van der Waals surface area contributed by atoms with E-state index in [1.54, 1.807) is 0 Å². The van der Waals surface area contributed by atoms with E-state index >= 15 is 0 Å². The van der Waals surface area contributed by atoms with Crippen LogP contribution in [0.15, 0.2) is 48.6 Å². The Morgan fingerprint density at radius 1 is 0.290 bits per heavy atom. The van der Waals surface area contributed by atoms with Gasteiger partial charge in [-0.05, 0) is 103 Å². The van der Waals surface area contributed by atoms with Gasteiger partial charge in [0.15, 0.2) is 6.10 Å². The molecule has 0 heterocycles. The number of allylic oxidation sites excluding steroid dienone is 8. The number of rotatable bonds is 55. The lowest BCUT2D eigenvalue weighted by molar-refractivity contribution is -0.167. The van der Waals surface area contributed by atoms with Crippen molar-refractivity contribution in [3.05, 3.63) is 48.6 Å². The largest absolute Gasteiger partial charge is 0.462 e. The van der Waals surface area contributed by atoms with E-state index in [9.17, 15) is 14.4 Å². The second-order valence-corrected chi connectivity index (χ2v) is 20.2. The minimum absolute atomic E-state index is 0.0783. The van der Waals surface area contributed by atoms with Crippen LogP contribution in [-0.4, -0.2) is 37.2 Å². The molecule has 69 heavy (non-hydrogen) atoms. The summed E-state index contributed by atoms with van der Waals surface area (Å²) in [5.74, 6) is -0.880. The van der Waals surface area contributed by atoms with E-state index in [1.807, 2.05) is 0 Å². The molecule has 0 saturated carbocycles. The summed E-state index contributed by atoms with van der Waals surface area (Å²) < 4.78 is 16.9. The Morgan fingerprint density at radius 2 is 0.522 bits per heavy atom. The molecule has 0 unspecified atom stereocenters. The highest BCUT2D eigenvalue weighted by Crippen LogP contribution is 2.16. The van der Waals surface area contributed by atoms with Crippen LogP contribution in [0.4, 0.5) is 0 Å². The van der Waals surface area contributed by atoms with Crippen molar-refractivity contribution in [2.24, 2.45) is 0 Å². The Labute approximate surface area is 428 Å². The molecule has 0 aliphatic carbocycles. The van der Waals surface area contributed by atoms with Gasteiger partial charge < -0.3 is 14.2 Å². The van der Waals surface area contributed by atoms with Gasteiger partial charge in [0.2, 0.25) is 0 Å². The molecule has 1 atom stereocenters. The molecule has 0 aliphatic heterocycles. The maximum Gasteiger partial charge on any atom is 0.306 e. The number of hydrogen-bond acceptors (Lipinski definition) is 6. The van der Waals surface area contributed by atoms with Crippen LogP contribution in [0.3, 0.4) is 0 Å². The van der Waals surface area contributed by atoms with Crippen LogP contribution >= 0.6 is 0 Å². The molecule has 0 aromatic carbocycles. The van der Waals surface area contributed by atoms with E-state index in [4.69, 9.17) is 14.2 Å². The van der Waals surface area contributed by atoms with Gasteiger partial charge in [-0.2, -0.15) is 0 Å². The van der Waals surface area contributed by atoms with Gasteiger partial charge in [0.1, 0.15) is 13.2 Å². The third kappa shape index (κ3) is 56.2. The molecular formula is C63H114O6. The van der Waals surface area contributed by atoms with E-state index < -0.39 is 6.10 Å². The van der Waals surface area contributed by atoms with Crippen LogP contribution in [0.5, 0.6) is 0 Å². The summed E-state index contributed by atoms with van der Waals surface area (Å²) in [7, 11) is 0. The second kappa shape index (κ2) is 57.9. The molecule has 0 aliphatic rings. The summed E-state index contributed by atoms with van der Waals surface area (Å²) in [5.41, 5.74) is 0. The molecular weight excluding hydrogens is 853 g/mol. The predicted molar refractivity (Wildman–Crippen MR) is 298 cm³/mol. The normalized spacial score (nSPS) is 12.3. The molecule has 0 fully saturated rings. The minimum atomic E-state index is -0.779. The van der Waals surface area contributed by atoms with Crippen molar-refractivity contribution >= 4 is 17.9 Å². The van der Waals surface area contributed by atoms with Crippen LogP contribution < -0.4 is 0 Å². The Bertz CT molecular complexity index is 1200. The molecule has 6 nitrogen and oxygen atoms in total. The first-order chi connectivity index (χ1) is 34.0. The summed E-state index contributed by atoms with van der Waals surface area (Å²) in [6.45, 7) is 6.62.